The average molecular weight is 398 g/mol. The largest absolute Gasteiger partial charge is 0.462 e. The SMILES string of the molecule is OOC(F)(OOC(F)(OO)C(F)(F)C(F)(F)F)C(F)(F)C(F)(F)F. The predicted octanol–water partition coefficient (Wildman–Crippen LogP) is 3.56. The lowest BCUT2D eigenvalue weighted by molar-refractivity contribution is -0.668. The van der Waals surface area contributed by atoms with Gasteiger partial charge in [0.2, 0.25) is 0 Å². The van der Waals surface area contributed by atoms with Crippen LogP contribution >= 0.6 is 0 Å². The highest BCUT2D eigenvalue weighted by Crippen LogP contribution is 2.50. The van der Waals surface area contributed by atoms with Crippen molar-refractivity contribution in [3.8, 4) is 0 Å². The third kappa shape index (κ3) is 3.61. The molecule has 2 atom stereocenters. The molecule has 24 heavy (non-hydrogen) atoms. The molecule has 0 radical (unpaired) electrons. The van der Waals surface area contributed by atoms with Crippen molar-refractivity contribution in [2.24, 2.45) is 0 Å². The van der Waals surface area contributed by atoms with Crippen LogP contribution in [-0.2, 0) is 19.6 Å². The molecule has 0 aromatic carbocycles. The Balaban J connectivity index is 5.67. The number of rotatable bonds is 7. The molecule has 0 rings (SSSR count). The van der Waals surface area contributed by atoms with E-state index in [0.717, 1.165) is 0 Å². The van der Waals surface area contributed by atoms with Crippen LogP contribution in [0.15, 0.2) is 0 Å². The summed E-state index contributed by atoms with van der Waals surface area (Å²) in [4.78, 5) is 7.82. The Bertz CT molecular complexity index is 395. The summed E-state index contributed by atoms with van der Waals surface area (Å²) in [6, 6.07) is -12.8. The fourth-order valence-corrected chi connectivity index (χ4v) is 0.696. The second-order valence-corrected chi connectivity index (χ2v) is 3.57. The predicted molar refractivity (Wildman–Crippen MR) is 39.3 cm³/mol. The van der Waals surface area contributed by atoms with Gasteiger partial charge < -0.3 is 0 Å². The molecule has 0 spiro atoms. The maximum Gasteiger partial charge on any atom is 0.462 e. The van der Waals surface area contributed by atoms with Crippen molar-refractivity contribution in [3.63, 3.8) is 0 Å². The molecular formula is C6H2F12O6. The summed E-state index contributed by atoms with van der Waals surface area (Å²) in [5, 5.41) is 15.2. The lowest BCUT2D eigenvalue weighted by atomic mass is 10.3. The third-order valence-corrected chi connectivity index (χ3v) is 1.95. The lowest BCUT2D eigenvalue weighted by Gasteiger charge is -2.33. The molecule has 18 heteroatoms. The third-order valence-electron chi connectivity index (χ3n) is 1.95. The number of hydrogen-bond acceptors (Lipinski definition) is 6. The first-order chi connectivity index (χ1) is 10.3. The minimum atomic E-state index is -7.01. The van der Waals surface area contributed by atoms with Crippen LogP contribution in [0.4, 0.5) is 52.7 Å². The van der Waals surface area contributed by atoms with Gasteiger partial charge in [-0.1, -0.05) is 0 Å². The van der Waals surface area contributed by atoms with Gasteiger partial charge in [-0.25, -0.2) is 10.5 Å². The number of alkyl halides is 12. The van der Waals surface area contributed by atoms with Crippen molar-refractivity contribution >= 4 is 0 Å². The molecule has 0 saturated heterocycles. The first kappa shape index (κ1) is 22.9. The first-order valence-electron chi connectivity index (χ1n) is 4.62. The highest BCUT2D eigenvalue weighted by Gasteiger charge is 2.80. The molecule has 0 aliphatic rings. The van der Waals surface area contributed by atoms with Crippen molar-refractivity contribution < 1.29 is 82.7 Å². The minimum Gasteiger partial charge on any atom is -0.246 e. The molecule has 2 N–H and O–H groups in total. The highest BCUT2D eigenvalue weighted by molar-refractivity contribution is 4.86. The lowest BCUT2D eigenvalue weighted by Crippen LogP contribution is -2.61. The molecule has 146 valence electrons. The Morgan fingerprint density at radius 3 is 0.792 bits per heavy atom. The van der Waals surface area contributed by atoms with Crippen LogP contribution in [0.3, 0.4) is 0 Å². The summed E-state index contributed by atoms with van der Waals surface area (Å²) in [7, 11) is 0. The zero-order chi connectivity index (χ0) is 19.8. The van der Waals surface area contributed by atoms with Gasteiger partial charge in [0.05, 0.1) is 0 Å². The van der Waals surface area contributed by atoms with E-state index in [0.29, 0.717) is 0 Å². The highest BCUT2D eigenvalue weighted by atomic mass is 19.4. The number of halogens is 12. The zero-order valence-corrected chi connectivity index (χ0v) is 10.1. The van der Waals surface area contributed by atoms with Crippen molar-refractivity contribution in [2.75, 3.05) is 0 Å². The number of hydrogen-bond donors (Lipinski definition) is 2. The molecule has 0 heterocycles. The summed E-state index contributed by atoms with van der Waals surface area (Å²) >= 11 is 0. The van der Waals surface area contributed by atoms with Gasteiger partial charge in [-0.2, -0.15) is 72.2 Å². The van der Waals surface area contributed by atoms with Crippen LogP contribution in [0.25, 0.3) is 0 Å². The molecule has 0 fully saturated rings. The Hall–Kier alpha value is -1.08. The van der Waals surface area contributed by atoms with Gasteiger partial charge in [-0.05, 0) is 0 Å². The van der Waals surface area contributed by atoms with Crippen LogP contribution in [0.1, 0.15) is 0 Å². The molecule has 0 aromatic heterocycles. The molecule has 0 aromatic rings. The van der Waals surface area contributed by atoms with Gasteiger partial charge in [0.1, 0.15) is 0 Å². The summed E-state index contributed by atoms with van der Waals surface area (Å²) < 4.78 is 147. The Labute approximate surface area is 120 Å². The zero-order valence-electron chi connectivity index (χ0n) is 10.1. The van der Waals surface area contributed by atoms with E-state index in [2.05, 4.69) is 9.78 Å². The molecular weight excluding hydrogens is 396 g/mol. The van der Waals surface area contributed by atoms with E-state index >= 15 is 0 Å². The monoisotopic (exact) mass is 398 g/mol. The quantitative estimate of drug-likeness (QED) is 0.296. The van der Waals surface area contributed by atoms with Crippen molar-refractivity contribution in [2.45, 2.75) is 36.3 Å². The average Bonchev–Trinajstić information content (AvgIpc) is 2.41. The first-order valence-corrected chi connectivity index (χ1v) is 4.62. The van der Waals surface area contributed by atoms with Gasteiger partial charge in [0.25, 0.3) is 0 Å². The molecule has 0 amide bonds. The van der Waals surface area contributed by atoms with E-state index in [-0.39, 0.29) is 0 Å². The maximum absolute atomic E-state index is 13.0. The molecule has 0 saturated carbocycles. The summed E-state index contributed by atoms with van der Waals surface area (Å²) in [5.41, 5.74) is 0. The molecule has 0 bridgehead atoms. The Kier molecular flexibility index (Phi) is 6.05. The molecule has 0 aliphatic carbocycles. The van der Waals surface area contributed by atoms with E-state index in [1.54, 1.807) is 0 Å². The molecule has 6 nitrogen and oxygen atoms in total. The van der Waals surface area contributed by atoms with E-state index < -0.39 is 36.3 Å². The van der Waals surface area contributed by atoms with Crippen LogP contribution in [0.2, 0.25) is 0 Å². The second kappa shape index (κ2) is 6.33. The standard InChI is InChI=1S/C6H2F12O6/c7-1(8,3(11,12)13)5(17,21-19)23-24-6(18,22-20)2(9,10)4(14,15)16/h19-20H. The second-order valence-electron chi connectivity index (χ2n) is 3.57. The van der Waals surface area contributed by atoms with Crippen LogP contribution in [-0.4, -0.2) is 46.8 Å². The van der Waals surface area contributed by atoms with E-state index in [4.69, 9.17) is 10.5 Å². The van der Waals surface area contributed by atoms with Gasteiger partial charge in [0.15, 0.2) is 0 Å². The van der Waals surface area contributed by atoms with E-state index in [1.165, 1.54) is 0 Å². The molecule has 0 aliphatic heterocycles. The van der Waals surface area contributed by atoms with Crippen molar-refractivity contribution in [1.82, 2.24) is 0 Å². The fourth-order valence-electron chi connectivity index (χ4n) is 0.696. The molecule has 2 unspecified atom stereocenters. The fraction of sp³-hybridized carbons (Fsp3) is 1.00. The smallest absolute Gasteiger partial charge is 0.246 e. The van der Waals surface area contributed by atoms with E-state index in [1.807, 2.05) is 9.78 Å². The van der Waals surface area contributed by atoms with Crippen LogP contribution in [0, 0.1) is 0 Å². The maximum atomic E-state index is 13.0. The Morgan fingerprint density at radius 2 is 0.667 bits per heavy atom. The topological polar surface area (TPSA) is 77.4 Å². The minimum absolute atomic E-state index is 1.85. The van der Waals surface area contributed by atoms with E-state index in [9.17, 15) is 52.7 Å². The van der Waals surface area contributed by atoms with Crippen LogP contribution in [0.5, 0.6) is 0 Å². The normalized spacial score (nSPS) is 19.8. The van der Waals surface area contributed by atoms with Gasteiger partial charge >= 0.3 is 36.3 Å². The van der Waals surface area contributed by atoms with Gasteiger partial charge in [-0.15, -0.1) is 0 Å². The van der Waals surface area contributed by atoms with Gasteiger partial charge in [-0.3, -0.25) is 0 Å². The van der Waals surface area contributed by atoms with Crippen molar-refractivity contribution in [3.05, 3.63) is 0 Å². The van der Waals surface area contributed by atoms with Crippen molar-refractivity contribution in [1.29, 1.82) is 0 Å². The summed E-state index contributed by atoms with van der Waals surface area (Å²) in [5.74, 6) is -14.0. The van der Waals surface area contributed by atoms with Gasteiger partial charge in [0, 0.05) is 0 Å². The van der Waals surface area contributed by atoms with Crippen LogP contribution < -0.4 is 0 Å². The summed E-state index contributed by atoms with van der Waals surface area (Å²) in [6.07, 6.45) is -14.0. The Morgan fingerprint density at radius 1 is 0.458 bits per heavy atom. The summed E-state index contributed by atoms with van der Waals surface area (Å²) in [6.45, 7) is 0.